The van der Waals surface area contributed by atoms with Gasteiger partial charge < -0.3 is 10.3 Å². The van der Waals surface area contributed by atoms with E-state index in [9.17, 15) is 4.79 Å². The number of fused-ring (bicyclic) bond motifs is 1. The summed E-state index contributed by atoms with van der Waals surface area (Å²) in [5, 5.41) is 4.07. The molecule has 3 nitrogen and oxygen atoms in total. The van der Waals surface area contributed by atoms with E-state index in [0.29, 0.717) is 6.54 Å². The van der Waals surface area contributed by atoms with Crippen LogP contribution < -0.4 is 5.32 Å². The second kappa shape index (κ2) is 7.23. The fraction of sp³-hybridized carbons (Fsp3) is 0.167. The molecule has 0 saturated carbocycles. The van der Waals surface area contributed by atoms with Gasteiger partial charge >= 0.3 is 0 Å². The van der Waals surface area contributed by atoms with Gasteiger partial charge in [-0.25, -0.2) is 0 Å². The Kier molecular flexibility index (Phi) is 5.08. The van der Waals surface area contributed by atoms with E-state index < -0.39 is 0 Å². The van der Waals surface area contributed by atoms with E-state index in [-0.39, 0.29) is 5.91 Å². The van der Waals surface area contributed by atoms with Crippen molar-refractivity contribution in [3.63, 3.8) is 0 Å². The number of hydrogen-bond donors (Lipinski definition) is 2. The fourth-order valence-corrected chi connectivity index (χ4v) is 3.79. The van der Waals surface area contributed by atoms with Crippen LogP contribution in [0.1, 0.15) is 6.92 Å². The third kappa shape index (κ3) is 3.79. The van der Waals surface area contributed by atoms with Gasteiger partial charge in [0, 0.05) is 39.5 Å². The van der Waals surface area contributed by atoms with Crippen LogP contribution in [0.3, 0.4) is 0 Å². The lowest BCUT2D eigenvalue weighted by Gasteiger charge is -2.06. The maximum absolute atomic E-state index is 11.0. The molecule has 0 fully saturated rings. The van der Waals surface area contributed by atoms with Gasteiger partial charge in [0.15, 0.2) is 0 Å². The summed E-state index contributed by atoms with van der Waals surface area (Å²) in [5.74, 6) is 0.850. The van der Waals surface area contributed by atoms with Crippen LogP contribution in [0.5, 0.6) is 0 Å². The van der Waals surface area contributed by atoms with E-state index in [1.807, 2.05) is 18.2 Å². The normalized spacial score (nSPS) is 10.9. The molecule has 1 amide bonds. The Labute approximate surface area is 148 Å². The van der Waals surface area contributed by atoms with Gasteiger partial charge in [0.2, 0.25) is 5.91 Å². The number of benzene rings is 2. The predicted molar refractivity (Wildman–Crippen MR) is 101 cm³/mol. The number of rotatable bonds is 5. The van der Waals surface area contributed by atoms with Gasteiger partial charge in [-0.1, -0.05) is 46.3 Å². The maximum Gasteiger partial charge on any atom is 0.216 e. The highest BCUT2D eigenvalue weighted by atomic mass is 79.9. The van der Waals surface area contributed by atoms with Crippen molar-refractivity contribution in [1.82, 2.24) is 10.3 Å². The van der Waals surface area contributed by atoms with Crippen LogP contribution in [0.25, 0.3) is 22.2 Å². The monoisotopic (exact) mass is 388 g/mol. The molecule has 23 heavy (non-hydrogen) atoms. The molecule has 2 N–H and O–H groups in total. The Morgan fingerprint density at radius 2 is 1.91 bits per heavy atom. The number of amides is 1. The number of aromatic amines is 1. The molecule has 2 aromatic carbocycles. The molecule has 5 heteroatoms. The topological polar surface area (TPSA) is 44.9 Å². The smallest absolute Gasteiger partial charge is 0.216 e. The lowest BCUT2D eigenvalue weighted by Crippen LogP contribution is -2.22. The van der Waals surface area contributed by atoms with Crippen molar-refractivity contribution in [2.45, 2.75) is 11.8 Å². The van der Waals surface area contributed by atoms with Crippen molar-refractivity contribution in [3.05, 3.63) is 53.0 Å². The highest BCUT2D eigenvalue weighted by Crippen LogP contribution is 2.37. The summed E-state index contributed by atoms with van der Waals surface area (Å²) in [6.45, 7) is 2.21. The van der Waals surface area contributed by atoms with Crippen molar-refractivity contribution < 1.29 is 4.79 Å². The van der Waals surface area contributed by atoms with Gasteiger partial charge in [0.05, 0.1) is 5.69 Å². The molecule has 0 aliphatic rings. The van der Waals surface area contributed by atoms with E-state index in [1.165, 1.54) is 10.3 Å². The Balaban J connectivity index is 1.94. The molecular formula is C18H17BrN2OS. The van der Waals surface area contributed by atoms with E-state index in [4.69, 9.17) is 0 Å². The van der Waals surface area contributed by atoms with Gasteiger partial charge in [-0.3, -0.25) is 4.79 Å². The largest absolute Gasteiger partial charge is 0.356 e. The van der Waals surface area contributed by atoms with E-state index in [0.717, 1.165) is 27.0 Å². The third-order valence-electron chi connectivity index (χ3n) is 3.51. The molecule has 0 atom stereocenters. The molecule has 0 radical (unpaired) electrons. The minimum Gasteiger partial charge on any atom is -0.356 e. The summed E-state index contributed by atoms with van der Waals surface area (Å²) in [4.78, 5) is 15.8. The molecule has 0 aliphatic carbocycles. The first-order valence-corrected chi connectivity index (χ1v) is 9.17. The summed E-state index contributed by atoms with van der Waals surface area (Å²) in [5.41, 5.74) is 3.42. The zero-order valence-electron chi connectivity index (χ0n) is 12.7. The number of aromatic nitrogens is 1. The van der Waals surface area contributed by atoms with Crippen LogP contribution in [-0.2, 0) is 4.79 Å². The van der Waals surface area contributed by atoms with Gasteiger partial charge in [0.1, 0.15) is 0 Å². The second-order valence-corrected chi connectivity index (χ2v) is 7.23. The van der Waals surface area contributed by atoms with Crippen molar-refractivity contribution in [2.24, 2.45) is 0 Å². The summed E-state index contributed by atoms with van der Waals surface area (Å²) in [6, 6.07) is 16.6. The van der Waals surface area contributed by atoms with E-state index in [2.05, 4.69) is 56.6 Å². The number of halogens is 1. The van der Waals surface area contributed by atoms with Gasteiger partial charge in [-0.15, -0.1) is 11.8 Å². The summed E-state index contributed by atoms with van der Waals surface area (Å²) < 4.78 is 1.07. The fourth-order valence-electron chi connectivity index (χ4n) is 2.47. The van der Waals surface area contributed by atoms with Crippen LogP contribution in [0.4, 0.5) is 0 Å². The number of nitrogens with one attached hydrogen (secondary N) is 2. The standard InChI is InChI=1S/C18H17BrN2OS/c1-12(22)20-10-11-23-18-15-4-2-3-5-16(15)21-17(18)13-6-8-14(19)9-7-13/h2-9,21H,10-11H2,1H3,(H,20,22). The minimum absolute atomic E-state index is 0.0117. The molecule has 0 bridgehead atoms. The zero-order chi connectivity index (χ0) is 16.2. The lowest BCUT2D eigenvalue weighted by atomic mass is 10.1. The molecule has 1 heterocycles. The zero-order valence-corrected chi connectivity index (χ0v) is 15.1. The van der Waals surface area contributed by atoms with Crippen molar-refractivity contribution in [2.75, 3.05) is 12.3 Å². The Morgan fingerprint density at radius 3 is 2.65 bits per heavy atom. The van der Waals surface area contributed by atoms with E-state index in [1.54, 1.807) is 18.7 Å². The first-order chi connectivity index (χ1) is 11.1. The van der Waals surface area contributed by atoms with Gasteiger partial charge in [-0.05, 0) is 23.8 Å². The Morgan fingerprint density at radius 1 is 1.17 bits per heavy atom. The van der Waals surface area contributed by atoms with Crippen LogP contribution in [0.15, 0.2) is 57.9 Å². The van der Waals surface area contributed by atoms with Crippen molar-refractivity contribution in [1.29, 1.82) is 0 Å². The maximum atomic E-state index is 11.0. The molecule has 118 valence electrons. The van der Waals surface area contributed by atoms with Gasteiger partial charge in [0.25, 0.3) is 0 Å². The average Bonchev–Trinajstić information content (AvgIpc) is 2.91. The highest BCUT2D eigenvalue weighted by molar-refractivity contribution is 9.10. The Hall–Kier alpha value is -1.72. The predicted octanol–water partition coefficient (Wildman–Crippen LogP) is 4.83. The summed E-state index contributed by atoms with van der Waals surface area (Å²) in [7, 11) is 0. The Bertz CT molecular complexity index is 827. The van der Waals surface area contributed by atoms with Gasteiger partial charge in [-0.2, -0.15) is 0 Å². The molecule has 0 aliphatic heterocycles. The highest BCUT2D eigenvalue weighted by Gasteiger charge is 2.13. The van der Waals surface area contributed by atoms with Crippen LogP contribution in [-0.4, -0.2) is 23.2 Å². The first kappa shape index (κ1) is 16.1. The number of carbonyl (C=O) groups is 1. The number of thioether (sulfide) groups is 1. The second-order valence-electron chi connectivity index (χ2n) is 5.21. The molecule has 1 aromatic heterocycles. The summed E-state index contributed by atoms with van der Waals surface area (Å²) in [6.07, 6.45) is 0. The number of para-hydroxylation sites is 1. The molecule has 0 spiro atoms. The minimum atomic E-state index is 0.0117. The number of hydrogen-bond acceptors (Lipinski definition) is 2. The van der Waals surface area contributed by atoms with Crippen LogP contribution in [0.2, 0.25) is 0 Å². The molecular weight excluding hydrogens is 372 g/mol. The first-order valence-electron chi connectivity index (χ1n) is 7.39. The molecule has 0 saturated heterocycles. The third-order valence-corrected chi connectivity index (χ3v) is 5.16. The number of carbonyl (C=O) groups excluding carboxylic acids is 1. The quantitative estimate of drug-likeness (QED) is 0.485. The lowest BCUT2D eigenvalue weighted by molar-refractivity contribution is -0.118. The van der Waals surface area contributed by atoms with Crippen molar-refractivity contribution >= 4 is 44.5 Å². The average molecular weight is 389 g/mol. The summed E-state index contributed by atoms with van der Waals surface area (Å²) >= 11 is 5.25. The molecule has 0 unspecified atom stereocenters. The van der Waals surface area contributed by atoms with Crippen LogP contribution in [0, 0.1) is 0 Å². The van der Waals surface area contributed by atoms with Crippen molar-refractivity contribution in [3.8, 4) is 11.3 Å². The number of H-pyrrole nitrogens is 1. The molecule has 3 rings (SSSR count). The van der Waals surface area contributed by atoms with Crippen LogP contribution >= 0.6 is 27.7 Å². The SMILES string of the molecule is CC(=O)NCCSc1c(-c2ccc(Br)cc2)[nH]c2ccccc12. The molecule has 3 aromatic rings. The van der Waals surface area contributed by atoms with E-state index >= 15 is 0 Å².